The SMILES string of the molecule is CC(C)c1ccc([C@@H]2SCCN2C(=O)NCc2ccccc2)cc1. The predicted molar refractivity (Wildman–Crippen MR) is 101 cm³/mol. The molecule has 24 heavy (non-hydrogen) atoms. The Bertz CT molecular complexity index is 670. The summed E-state index contributed by atoms with van der Waals surface area (Å²) in [6.45, 7) is 5.76. The number of rotatable bonds is 4. The molecule has 0 radical (unpaired) electrons. The molecule has 2 aromatic carbocycles. The molecule has 2 aromatic rings. The molecular weight excluding hydrogens is 316 g/mol. The van der Waals surface area contributed by atoms with Crippen LogP contribution in [-0.2, 0) is 6.54 Å². The third-order valence-electron chi connectivity index (χ3n) is 4.33. The summed E-state index contributed by atoms with van der Waals surface area (Å²) in [7, 11) is 0. The normalized spacial score (nSPS) is 17.3. The fraction of sp³-hybridized carbons (Fsp3) is 0.350. The minimum absolute atomic E-state index is 0.0155. The van der Waals surface area contributed by atoms with E-state index in [1.165, 1.54) is 11.1 Å². The average molecular weight is 340 g/mol. The van der Waals surface area contributed by atoms with Gasteiger partial charge in [0.2, 0.25) is 0 Å². The molecule has 0 saturated carbocycles. The monoisotopic (exact) mass is 340 g/mol. The highest BCUT2D eigenvalue weighted by atomic mass is 32.2. The molecular formula is C20H24N2OS. The number of amides is 2. The molecule has 1 fully saturated rings. The van der Waals surface area contributed by atoms with Crippen LogP contribution in [0.2, 0.25) is 0 Å². The molecule has 1 N–H and O–H groups in total. The van der Waals surface area contributed by atoms with Crippen molar-refractivity contribution in [2.75, 3.05) is 12.3 Å². The van der Waals surface area contributed by atoms with Crippen LogP contribution < -0.4 is 5.32 Å². The Morgan fingerprint density at radius 3 is 2.54 bits per heavy atom. The molecule has 126 valence electrons. The third-order valence-corrected chi connectivity index (χ3v) is 5.59. The first-order valence-electron chi connectivity index (χ1n) is 8.45. The fourth-order valence-electron chi connectivity index (χ4n) is 2.87. The Kier molecular flexibility index (Phi) is 5.46. The Balaban J connectivity index is 1.65. The summed E-state index contributed by atoms with van der Waals surface area (Å²) in [5, 5.41) is 3.16. The minimum atomic E-state index is 0.0155. The highest BCUT2D eigenvalue weighted by Gasteiger charge is 2.30. The lowest BCUT2D eigenvalue weighted by Crippen LogP contribution is -2.39. The average Bonchev–Trinajstić information content (AvgIpc) is 3.10. The number of nitrogens with one attached hydrogen (secondary N) is 1. The van der Waals surface area contributed by atoms with Crippen LogP contribution in [0.1, 0.15) is 41.8 Å². The quantitative estimate of drug-likeness (QED) is 0.870. The summed E-state index contributed by atoms with van der Waals surface area (Å²) >= 11 is 1.83. The number of carbonyl (C=O) groups excluding carboxylic acids is 1. The van der Waals surface area contributed by atoms with E-state index in [0.29, 0.717) is 12.5 Å². The second kappa shape index (κ2) is 7.75. The van der Waals surface area contributed by atoms with Crippen LogP contribution in [0.15, 0.2) is 54.6 Å². The van der Waals surface area contributed by atoms with Gasteiger partial charge < -0.3 is 10.2 Å². The number of thioether (sulfide) groups is 1. The predicted octanol–water partition coefficient (Wildman–Crippen LogP) is 4.77. The standard InChI is InChI=1S/C20H24N2OS/c1-15(2)17-8-10-18(11-9-17)19-22(12-13-24-19)20(23)21-14-16-6-4-3-5-7-16/h3-11,15,19H,12-14H2,1-2H3,(H,21,23)/t19-/m0/s1. The summed E-state index contributed by atoms with van der Waals surface area (Å²) < 4.78 is 0. The van der Waals surface area contributed by atoms with Crippen LogP contribution in [0, 0.1) is 0 Å². The maximum Gasteiger partial charge on any atom is 0.318 e. The number of hydrogen-bond acceptors (Lipinski definition) is 2. The number of urea groups is 1. The van der Waals surface area contributed by atoms with E-state index in [0.717, 1.165) is 17.9 Å². The Labute approximate surface area is 148 Å². The zero-order valence-corrected chi connectivity index (χ0v) is 15.1. The summed E-state index contributed by atoms with van der Waals surface area (Å²) in [5.41, 5.74) is 3.66. The lowest BCUT2D eigenvalue weighted by atomic mass is 10.0. The van der Waals surface area contributed by atoms with Crippen molar-refractivity contribution in [3.8, 4) is 0 Å². The van der Waals surface area contributed by atoms with Crippen molar-refractivity contribution in [3.63, 3.8) is 0 Å². The van der Waals surface area contributed by atoms with E-state index in [1.54, 1.807) is 0 Å². The summed E-state index contributed by atoms with van der Waals surface area (Å²) in [4.78, 5) is 14.5. The van der Waals surface area contributed by atoms with Crippen LogP contribution in [-0.4, -0.2) is 23.2 Å². The molecule has 1 heterocycles. The highest BCUT2D eigenvalue weighted by Crippen LogP contribution is 2.38. The summed E-state index contributed by atoms with van der Waals surface area (Å²) in [5.74, 6) is 1.51. The van der Waals surface area contributed by atoms with Gasteiger partial charge in [-0.2, -0.15) is 0 Å². The summed E-state index contributed by atoms with van der Waals surface area (Å²) in [6, 6.07) is 18.7. The van der Waals surface area contributed by atoms with Gasteiger partial charge in [0.1, 0.15) is 5.37 Å². The number of hydrogen-bond donors (Lipinski definition) is 1. The Hall–Kier alpha value is -1.94. The van der Waals surface area contributed by atoms with E-state index >= 15 is 0 Å². The maximum absolute atomic E-state index is 12.6. The second-order valence-corrected chi connectivity index (χ2v) is 7.57. The van der Waals surface area contributed by atoms with Crippen molar-refractivity contribution in [2.45, 2.75) is 31.7 Å². The van der Waals surface area contributed by atoms with Crippen LogP contribution in [0.4, 0.5) is 4.79 Å². The molecule has 0 aliphatic carbocycles. The lowest BCUT2D eigenvalue weighted by Gasteiger charge is -2.24. The lowest BCUT2D eigenvalue weighted by molar-refractivity contribution is 0.200. The molecule has 1 atom stereocenters. The second-order valence-electron chi connectivity index (χ2n) is 6.38. The van der Waals surface area contributed by atoms with Gasteiger partial charge in [-0.1, -0.05) is 68.4 Å². The zero-order chi connectivity index (χ0) is 16.9. The molecule has 1 aliphatic rings. The number of carbonyl (C=O) groups is 1. The topological polar surface area (TPSA) is 32.3 Å². The van der Waals surface area contributed by atoms with Crippen LogP contribution in [0.3, 0.4) is 0 Å². The first-order chi connectivity index (χ1) is 11.6. The largest absolute Gasteiger partial charge is 0.334 e. The van der Waals surface area contributed by atoms with Crippen molar-refractivity contribution < 1.29 is 4.79 Å². The van der Waals surface area contributed by atoms with E-state index in [4.69, 9.17) is 0 Å². The minimum Gasteiger partial charge on any atom is -0.334 e. The van der Waals surface area contributed by atoms with Crippen molar-refractivity contribution in [1.82, 2.24) is 10.2 Å². The smallest absolute Gasteiger partial charge is 0.318 e. The van der Waals surface area contributed by atoms with Crippen LogP contribution in [0.25, 0.3) is 0 Å². The fourth-order valence-corrected chi connectivity index (χ4v) is 4.13. The van der Waals surface area contributed by atoms with Crippen molar-refractivity contribution in [3.05, 3.63) is 71.3 Å². The van der Waals surface area contributed by atoms with Gasteiger partial charge in [0, 0.05) is 18.8 Å². The molecule has 4 heteroatoms. The molecule has 1 saturated heterocycles. The van der Waals surface area contributed by atoms with Crippen LogP contribution >= 0.6 is 11.8 Å². The highest BCUT2D eigenvalue weighted by molar-refractivity contribution is 7.99. The van der Waals surface area contributed by atoms with Gasteiger partial charge >= 0.3 is 6.03 Å². The van der Waals surface area contributed by atoms with Gasteiger partial charge in [-0.15, -0.1) is 11.8 Å². The molecule has 3 rings (SSSR count). The van der Waals surface area contributed by atoms with E-state index in [1.807, 2.05) is 47.0 Å². The van der Waals surface area contributed by atoms with E-state index in [9.17, 15) is 4.79 Å². The van der Waals surface area contributed by atoms with E-state index in [-0.39, 0.29) is 11.4 Å². The first kappa shape index (κ1) is 16.9. The van der Waals surface area contributed by atoms with Gasteiger partial charge in [-0.25, -0.2) is 4.79 Å². The Morgan fingerprint density at radius 1 is 1.17 bits per heavy atom. The van der Waals surface area contributed by atoms with Gasteiger partial charge in [-0.05, 0) is 22.6 Å². The maximum atomic E-state index is 12.6. The molecule has 3 nitrogen and oxygen atoms in total. The van der Waals surface area contributed by atoms with E-state index < -0.39 is 0 Å². The van der Waals surface area contributed by atoms with Gasteiger partial charge in [0.25, 0.3) is 0 Å². The number of nitrogens with zero attached hydrogens (tertiary/aromatic N) is 1. The van der Waals surface area contributed by atoms with E-state index in [2.05, 4.69) is 43.4 Å². The molecule has 1 aliphatic heterocycles. The van der Waals surface area contributed by atoms with Gasteiger partial charge in [0.05, 0.1) is 0 Å². The number of benzene rings is 2. The van der Waals surface area contributed by atoms with Crippen molar-refractivity contribution >= 4 is 17.8 Å². The zero-order valence-electron chi connectivity index (χ0n) is 14.2. The molecule has 0 aromatic heterocycles. The molecule has 0 bridgehead atoms. The van der Waals surface area contributed by atoms with Crippen LogP contribution in [0.5, 0.6) is 0 Å². The van der Waals surface area contributed by atoms with Crippen molar-refractivity contribution in [2.24, 2.45) is 0 Å². The van der Waals surface area contributed by atoms with Gasteiger partial charge in [-0.3, -0.25) is 0 Å². The Morgan fingerprint density at radius 2 is 1.88 bits per heavy atom. The molecule has 0 unspecified atom stereocenters. The van der Waals surface area contributed by atoms with Gasteiger partial charge in [0.15, 0.2) is 0 Å². The molecule has 2 amide bonds. The van der Waals surface area contributed by atoms with Crippen molar-refractivity contribution in [1.29, 1.82) is 0 Å². The molecule has 0 spiro atoms. The third kappa shape index (κ3) is 3.93. The first-order valence-corrected chi connectivity index (χ1v) is 9.50. The summed E-state index contributed by atoms with van der Waals surface area (Å²) in [6.07, 6.45) is 0.